The molecular formula is C26H34N6O2. The predicted molar refractivity (Wildman–Crippen MR) is 129 cm³/mol. The molecule has 180 valence electrons. The van der Waals surface area contributed by atoms with Crippen molar-refractivity contribution in [3.8, 4) is 0 Å². The second-order valence-electron chi connectivity index (χ2n) is 10.3. The Bertz CT molecular complexity index is 1100. The van der Waals surface area contributed by atoms with E-state index in [4.69, 9.17) is 0 Å². The number of amides is 2. The molecule has 0 saturated carbocycles. The number of anilines is 1. The molecule has 0 unspecified atom stereocenters. The highest BCUT2D eigenvalue weighted by Crippen LogP contribution is 2.57. The van der Waals surface area contributed by atoms with Crippen LogP contribution >= 0.6 is 0 Å². The Balaban J connectivity index is 1.34. The van der Waals surface area contributed by atoms with Crippen LogP contribution in [0.1, 0.15) is 43.2 Å². The Hall–Kier alpha value is -2.71. The number of aromatic nitrogens is 2. The van der Waals surface area contributed by atoms with Gasteiger partial charge in [-0.1, -0.05) is 18.2 Å². The van der Waals surface area contributed by atoms with Gasteiger partial charge < -0.3 is 10.2 Å². The molecule has 0 radical (unpaired) electrons. The van der Waals surface area contributed by atoms with Crippen molar-refractivity contribution in [2.75, 3.05) is 37.6 Å². The van der Waals surface area contributed by atoms with Gasteiger partial charge in [0.25, 0.3) is 5.91 Å². The number of nitrogens with zero attached hydrogens (tertiary/aromatic N) is 5. The van der Waals surface area contributed by atoms with Crippen molar-refractivity contribution in [2.45, 2.75) is 50.2 Å². The van der Waals surface area contributed by atoms with Crippen molar-refractivity contribution >= 4 is 17.5 Å². The predicted octanol–water partition coefficient (Wildman–Crippen LogP) is 1.86. The van der Waals surface area contributed by atoms with E-state index >= 15 is 0 Å². The summed E-state index contributed by atoms with van der Waals surface area (Å²) in [7, 11) is 1.94. The lowest BCUT2D eigenvalue weighted by Crippen LogP contribution is -2.56. The van der Waals surface area contributed by atoms with Gasteiger partial charge in [-0.3, -0.25) is 24.1 Å². The lowest BCUT2D eigenvalue weighted by Gasteiger charge is -2.37. The molecule has 34 heavy (non-hydrogen) atoms. The van der Waals surface area contributed by atoms with Crippen molar-refractivity contribution < 1.29 is 9.59 Å². The zero-order valence-electron chi connectivity index (χ0n) is 19.9. The number of rotatable bonds is 2. The van der Waals surface area contributed by atoms with Crippen LogP contribution in [0.2, 0.25) is 0 Å². The summed E-state index contributed by atoms with van der Waals surface area (Å²) in [5.74, 6) is -0.183. The molecular weight excluding hydrogens is 428 g/mol. The van der Waals surface area contributed by atoms with Gasteiger partial charge in [0.15, 0.2) is 0 Å². The number of hydrogen-bond acceptors (Lipinski definition) is 5. The molecule has 1 aromatic heterocycles. The minimum atomic E-state index is -0.842. The number of benzene rings is 1. The summed E-state index contributed by atoms with van der Waals surface area (Å²) in [5, 5.41) is 7.53. The minimum Gasteiger partial charge on any atom is -0.356 e. The summed E-state index contributed by atoms with van der Waals surface area (Å²) in [5.41, 5.74) is 2.38. The van der Waals surface area contributed by atoms with Crippen LogP contribution in [0.15, 0.2) is 36.7 Å². The smallest absolute Gasteiger partial charge is 0.253 e. The highest BCUT2D eigenvalue weighted by molar-refractivity contribution is 6.10. The molecule has 2 amide bonds. The summed E-state index contributed by atoms with van der Waals surface area (Å²) in [4.78, 5) is 34.7. The molecule has 2 aromatic rings. The average molecular weight is 463 g/mol. The highest BCUT2D eigenvalue weighted by Gasteiger charge is 2.66. The maximum absolute atomic E-state index is 14.3. The van der Waals surface area contributed by atoms with Gasteiger partial charge in [0.1, 0.15) is 5.54 Å². The van der Waals surface area contributed by atoms with Crippen LogP contribution in [-0.2, 0) is 28.7 Å². The Morgan fingerprint density at radius 1 is 1.09 bits per heavy atom. The van der Waals surface area contributed by atoms with Crippen LogP contribution in [0.3, 0.4) is 0 Å². The van der Waals surface area contributed by atoms with Gasteiger partial charge in [0, 0.05) is 68.8 Å². The first-order valence-corrected chi connectivity index (χ1v) is 12.7. The van der Waals surface area contributed by atoms with Gasteiger partial charge in [0.2, 0.25) is 5.91 Å². The Morgan fingerprint density at radius 3 is 2.79 bits per heavy atom. The van der Waals surface area contributed by atoms with E-state index < -0.39 is 5.54 Å². The molecule has 8 heteroatoms. The second kappa shape index (κ2) is 8.50. The number of nitrogens with one attached hydrogen (secondary N) is 1. The topological polar surface area (TPSA) is 73.7 Å². The molecule has 3 atom stereocenters. The fraction of sp³-hybridized carbons (Fsp3) is 0.577. The van der Waals surface area contributed by atoms with Crippen molar-refractivity contribution in [1.29, 1.82) is 0 Å². The van der Waals surface area contributed by atoms with Crippen LogP contribution in [0.4, 0.5) is 5.69 Å². The normalized spacial score (nSPS) is 30.2. The molecule has 5 heterocycles. The zero-order chi connectivity index (χ0) is 23.3. The van der Waals surface area contributed by atoms with E-state index in [9.17, 15) is 9.59 Å². The molecule has 3 saturated heterocycles. The minimum absolute atomic E-state index is 0.0393. The zero-order valence-corrected chi connectivity index (χ0v) is 19.9. The molecule has 6 rings (SSSR count). The van der Waals surface area contributed by atoms with E-state index in [-0.39, 0.29) is 17.7 Å². The van der Waals surface area contributed by atoms with Gasteiger partial charge in [-0.25, -0.2) is 0 Å². The standard InChI is InChI=1S/C26H34N6O2/c1-29-17-19(16-28-29)18-30-11-5-10-27-24(33)22-15-20-7-4-14-32(20)26(22)21-8-2-3-9-23(21)31(25(26)34)13-6-12-30/h2-3,8-9,16-17,20,22H,4-7,10-15,18H2,1H3,(H,27,33)/t20-,22+,26+/m0/s1. The largest absolute Gasteiger partial charge is 0.356 e. The fourth-order valence-electron chi connectivity index (χ4n) is 6.95. The number of hydrogen-bond donors (Lipinski definition) is 1. The fourth-order valence-corrected chi connectivity index (χ4v) is 6.95. The van der Waals surface area contributed by atoms with E-state index in [0.29, 0.717) is 19.1 Å². The molecule has 3 fully saturated rings. The van der Waals surface area contributed by atoms with Gasteiger partial charge >= 0.3 is 0 Å². The van der Waals surface area contributed by atoms with Gasteiger partial charge in [0.05, 0.1) is 12.1 Å². The Kier molecular flexibility index (Phi) is 5.45. The molecule has 0 aliphatic carbocycles. The number of carbonyl (C=O) groups is 2. The third kappa shape index (κ3) is 3.30. The summed E-state index contributed by atoms with van der Waals surface area (Å²) in [6.07, 6.45) is 8.71. The van der Waals surface area contributed by atoms with E-state index in [2.05, 4.69) is 38.5 Å². The molecule has 1 spiro atoms. The third-order valence-corrected chi connectivity index (χ3v) is 8.31. The molecule has 8 nitrogen and oxygen atoms in total. The van der Waals surface area contributed by atoms with Crippen LogP contribution in [0.5, 0.6) is 0 Å². The highest BCUT2D eigenvalue weighted by atomic mass is 16.2. The lowest BCUT2D eigenvalue weighted by atomic mass is 9.78. The third-order valence-electron chi connectivity index (χ3n) is 8.31. The van der Waals surface area contributed by atoms with Crippen molar-refractivity contribution in [3.63, 3.8) is 0 Å². The number of para-hydroxylation sites is 1. The molecule has 4 aliphatic heterocycles. The summed E-state index contributed by atoms with van der Waals surface area (Å²) in [6.45, 7) is 4.84. The first kappa shape index (κ1) is 21.8. The van der Waals surface area contributed by atoms with Crippen LogP contribution in [0, 0.1) is 5.92 Å². The first-order chi connectivity index (χ1) is 16.6. The summed E-state index contributed by atoms with van der Waals surface area (Å²) >= 11 is 0. The van der Waals surface area contributed by atoms with E-state index in [1.807, 2.05) is 35.0 Å². The van der Waals surface area contributed by atoms with Gasteiger partial charge in [-0.15, -0.1) is 0 Å². The first-order valence-electron chi connectivity index (χ1n) is 12.7. The maximum atomic E-state index is 14.3. The number of carbonyl (C=O) groups excluding carboxylic acids is 2. The molecule has 1 aromatic carbocycles. The van der Waals surface area contributed by atoms with Crippen LogP contribution in [-0.4, -0.2) is 70.2 Å². The van der Waals surface area contributed by atoms with Crippen LogP contribution < -0.4 is 10.2 Å². The SMILES string of the molecule is Cn1cc(CN2CCCNC(=O)[C@H]3C[C@@H]4CCCN4[C@@]34C(=O)N(CCC2)c2ccccc24)cn1. The summed E-state index contributed by atoms with van der Waals surface area (Å²) < 4.78 is 1.83. The van der Waals surface area contributed by atoms with E-state index in [1.54, 1.807) is 0 Å². The molecule has 2 bridgehead atoms. The molecule has 1 N–H and O–H groups in total. The van der Waals surface area contributed by atoms with Gasteiger partial charge in [-0.2, -0.15) is 5.10 Å². The maximum Gasteiger partial charge on any atom is 0.253 e. The molecule has 4 aliphatic rings. The van der Waals surface area contributed by atoms with Gasteiger partial charge in [-0.05, 0) is 44.7 Å². The lowest BCUT2D eigenvalue weighted by molar-refractivity contribution is -0.138. The number of fused-ring (bicyclic) bond motifs is 4. The Labute approximate surface area is 200 Å². The van der Waals surface area contributed by atoms with Crippen molar-refractivity contribution in [3.05, 3.63) is 47.8 Å². The van der Waals surface area contributed by atoms with Crippen molar-refractivity contribution in [2.24, 2.45) is 13.0 Å². The monoisotopic (exact) mass is 462 g/mol. The average Bonchev–Trinajstić information content (AvgIpc) is 3.57. The second-order valence-corrected chi connectivity index (χ2v) is 10.3. The quantitative estimate of drug-likeness (QED) is 0.738. The number of aryl methyl sites for hydroxylation is 1. The van der Waals surface area contributed by atoms with Crippen molar-refractivity contribution in [1.82, 2.24) is 24.9 Å². The Morgan fingerprint density at radius 2 is 1.94 bits per heavy atom. The summed E-state index contributed by atoms with van der Waals surface area (Å²) in [6, 6.07) is 8.51. The van der Waals surface area contributed by atoms with E-state index in [0.717, 1.165) is 69.5 Å². The van der Waals surface area contributed by atoms with Crippen LogP contribution in [0.25, 0.3) is 0 Å². The van der Waals surface area contributed by atoms with E-state index in [1.165, 1.54) is 5.56 Å².